The van der Waals surface area contributed by atoms with Gasteiger partial charge in [0.25, 0.3) is 23.6 Å². The van der Waals surface area contributed by atoms with E-state index in [-0.39, 0.29) is 63.2 Å². The van der Waals surface area contributed by atoms with Crippen LogP contribution in [0.4, 0.5) is 17.1 Å². The molecule has 3 aromatic carbocycles. The van der Waals surface area contributed by atoms with Gasteiger partial charge in [0.15, 0.2) is 0 Å². The molecule has 53 heavy (non-hydrogen) atoms. The van der Waals surface area contributed by atoms with E-state index in [1.54, 1.807) is 48.5 Å². The number of hydrogen-bond donors (Lipinski definition) is 4. The number of carbonyl (C=O) groups excluding carboxylic acids is 5. The van der Waals surface area contributed by atoms with Gasteiger partial charge in [-0.05, 0) is 80.0 Å². The van der Waals surface area contributed by atoms with Crippen molar-refractivity contribution in [1.29, 1.82) is 0 Å². The molecule has 3 aromatic rings. The minimum atomic E-state index is -2.78. The molecule has 1 aliphatic rings. The van der Waals surface area contributed by atoms with Crippen molar-refractivity contribution in [3.8, 4) is 0 Å². The first kappa shape index (κ1) is 49.6. The maximum Gasteiger partial charge on any atom is 1.00 e. The third kappa shape index (κ3) is 17.5. The van der Waals surface area contributed by atoms with Crippen molar-refractivity contribution in [3.05, 3.63) is 110 Å². The van der Waals surface area contributed by atoms with Crippen LogP contribution in [0.2, 0.25) is 0 Å². The van der Waals surface area contributed by atoms with Crippen LogP contribution in [0.1, 0.15) is 58.3 Å². The Hall–Kier alpha value is -5.50. The zero-order valence-electron chi connectivity index (χ0n) is 29.2. The molecule has 1 fully saturated rings. The van der Waals surface area contributed by atoms with E-state index in [9.17, 15) is 32.4 Å². The van der Waals surface area contributed by atoms with Gasteiger partial charge < -0.3 is 40.8 Å². The molecule has 1 atom stereocenters. The van der Waals surface area contributed by atoms with Crippen LogP contribution in [0.3, 0.4) is 0 Å². The Morgan fingerprint density at radius 2 is 1.19 bits per heavy atom. The minimum Gasteiger partial charge on any atom is -0.870 e. The summed E-state index contributed by atoms with van der Waals surface area (Å²) in [6, 6.07) is 18.5. The predicted molar refractivity (Wildman–Crippen MR) is 188 cm³/mol. The number of nitrogen functional groups attached to an aromatic ring is 1. The van der Waals surface area contributed by atoms with Crippen molar-refractivity contribution in [1.82, 2.24) is 15.7 Å². The van der Waals surface area contributed by atoms with Crippen LogP contribution in [-0.4, -0.2) is 65.0 Å². The number of azide groups is 2. The molecular weight excluding hydrogens is 725 g/mol. The Balaban J connectivity index is 0. The second-order valence-corrected chi connectivity index (χ2v) is 10.7. The molecule has 0 saturated carbocycles. The van der Waals surface area contributed by atoms with Gasteiger partial charge in [0.1, 0.15) is 0 Å². The monoisotopic (exact) mass is 762 g/mol. The van der Waals surface area contributed by atoms with Crippen LogP contribution in [0.25, 0.3) is 20.9 Å². The predicted octanol–water partition coefficient (Wildman–Crippen LogP) is 1.33. The average Bonchev–Trinajstić information content (AvgIpc) is 3.39. The van der Waals surface area contributed by atoms with Crippen molar-refractivity contribution in [3.63, 3.8) is 0 Å². The normalized spacial score (nSPS) is 12.1. The Morgan fingerprint density at radius 3 is 1.53 bits per heavy atom. The summed E-state index contributed by atoms with van der Waals surface area (Å²) in [6.07, 6.45) is -0.571. The van der Waals surface area contributed by atoms with Crippen molar-refractivity contribution >= 4 is 57.4 Å². The fourth-order valence-corrected chi connectivity index (χ4v) is 4.11. The van der Waals surface area contributed by atoms with Crippen molar-refractivity contribution in [2.24, 2.45) is 16.0 Å². The Bertz CT molecular complexity index is 1820. The Kier molecular flexibility index (Phi) is 25.5. The maximum atomic E-state index is 11.8. The Labute approximate surface area is 328 Å². The number of hydrogen-bond acceptors (Lipinski definition) is 14. The first-order valence-electron chi connectivity index (χ1n) is 15.0. The molecule has 0 radical (unpaired) electrons. The maximum absolute atomic E-state index is 11.8. The molecule has 1 heterocycles. The summed E-state index contributed by atoms with van der Waals surface area (Å²) < 4.78 is 21.6. The minimum absolute atomic E-state index is 0. The summed E-state index contributed by atoms with van der Waals surface area (Å²) in [5.74, 6) is -3.24. The van der Waals surface area contributed by atoms with Crippen LogP contribution < -0.4 is 51.7 Å². The summed E-state index contributed by atoms with van der Waals surface area (Å²) in [6.45, 7) is 7.63. The molecule has 20 nitrogen and oxygen atoms in total. The van der Waals surface area contributed by atoms with E-state index in [1.807, 2.05) is 20.8 Å². The number of benzene rings is 3. The quantitative estimate of drug-likeness (QED) is 0.0458. The zero-order valence-corrected chi connectivity index (χ0v) is 32.1. The number of nitrogens with one attached hydrogen (secondary N) is 2. The molecule has 7 N–H and O–H groups in total. The van der Waals surface area contributed by atoms with E-state index >= 15 is 0 Å². The van der Waals surface area contributed by atoms with E-state index in [4.69, 9.17) is 22.5 Å². The molecular formula is C31H37N11NaO9S-. The number of rotatable bonds is 9. The van der Waals surface area contributed by atoms with Gasteiger partial charge in [-0.25, -0.2) is 4.79 Å². The van der Waals surface area contributed by atoms with Gasteiger partial charge in [0.2, 0.25) is 0 Å². The fraction of sp³-hybridized carbons (Fsp3) is 0.258. The van der Waals surface area contributed by atoms with E-state index in [1.165, 1.54) is 24.3 Å². The van der Waals surface area contributed by atoms with Gasteiger partial charge >= 0.3 is 35.5 Å². The summed E-state index contributed by atoms with van der Waals surface area (Å²) in [5, 5.41) is 10.7. The van der Waals surface area contributed by atoms with Crippen LogP contribution in [0.15, 0.2) is 83.0 Å². The number of amides is 4. The average molecular weight is 763 g/mol. The second kappa shape index (κ2) is 27.2. The number of nitrogens with zero attached hydrogens (tertiary/aromatic N) is 7. The topological polar surface area (TPSA) is 336 Å². The van der Waals surface area contributed by atoms with Gasteiger partial charge in [-0.1, -0.05) is 52.1 Å². The standard InChI is InChI=1S/C11H7N4O6S.C9H10N4O.C9H12N2O.C2H7N.Na.H2O/c12-14-13-7-3-1-6(2-4-7)11(18)21-15-9(16)5-8(10(15)17)22(19)20;1-2-11-9(14)7-3-5-8(6-4-7)12-13-10;1-2-11-9(12)7-3-5-8(10)6-4-7;1-2-3;;/h1-4,8H,5H2;3-6H,2H2,1H3,(H,11,14);3-6H,2,10H2,1H3,(H,11,12);2-3H2,1H3;;1H2/q-1;;;;+1;/p-1. The number of imide groups is 1. The van der Waals surface area contributed by atoms with Crippen molar-refractivity contribution in [2.45, 2.75) is 32.4 Å². The Morgan fingerprint density at radius 1 is 0.811 bits per heavy atom. The van der Waals surface area contributed by atoms with E-state index in [2.05, 4.69) is 35.5 Å². The number of anilines is 1. The molecule has 278 valence electrons. The molecule has 1 saturated heterocycles. The largest absolute Gasteiger partial charge is 1.00 e. The van der Waals surface area contributed by atoms with Crippen LogP contribution in [0.5, 0.6) is 0 Å². The zero-order chi connectivity index (χ0) is 38.3. The summed E-state index contributed by atoms with van der Waals surface area (Å²) in [7, 11) is -2.78. The SMILES string of the molecule is CCN.CCNC(=O)c1ccc(N)cc1.CCNC(=O)c1ccc(N=[N+]=[N-])cc1.[N-]=[N+]=Nc1ccc(C(=O)ON2C(=O)CC([S-](=O)=O)C2=O)cc1.[Na+].[OH-]. The molecule has 1 aliphatic heterocycles. The first-order valence-corrected chi connectivity index (χ1v) is 16.1. The molecule has 0 aliphatic carbocycles. The number of carbonyl (C=O) groups is 5. The third-order valence-electron chi connectivity index (χ3n) is 5.87. The van der Waals surface area contributed by atoms with Gasteiger partial charge in [0, 0.05) is 62.8 Å². The molecule has 22 heteroatoms. The molecule has 0 spiro atoms. The molecule has 4 amide bonds. The van der Waals surface area contributed by atoms with Crippen LogP contribution >= 0.6 is 0 Å². The van der Waals surface area contributed by atoms with Gasteiger partial charge in [0.05, 0.1) is 5.56 Å². The third-order valence-corrected chi connectivity index (χ3v) is 6.70. The summed E-state index contributed by atoms with van der Waals surface area (Å²) >= 11 is 0. The van der Waals surface area contributed by atoms with Crippen LogP contribution in [0, 0.1) is 0 Å². The molecule has 0 bridgehead atoms. The fourth-order valence-electron chi connectivity index (χ4n) is 3.57. The van der Waals surface area contributed by atoms with Gasteiger partial charge in [-0.3, -0.25) is 19.2 Å². The van der Waals surface area contributed by atoms with E-state index in [0.717, 1.165) is 6.54 Å². The van der Waals surface area contributed by atoms with E-state index in [0.29, 0.717) is 35.6 Å². The first-order chi connectivity index (χ1) is 24.4. The molecule has 0 aromatic heterocycles. The van der Waals surface area contributed by atoms with Gasteiger partial charge in [-0.15, -0.1) is 5.06 Å². The number of hydroxylamine groups is 2. The smallest absolute Gasteiger partial charge is 0.870 e. The second-order valence-electron chi connectivity index (χ2n) is 9.58. The van der Waals surface area contributed by atoms with Crippen LogP contribution in [-0.2, 0) is 33.5 Å². The molecule has 4 rings (SSSR count). The number of nitrogens with two attached hydrogens (primary N) is 2. The van der Waals surface area contributed by atoms with Crippen molar-refractivity contribution in [2.75, 3.05) is 25.4 Å². The van der Waals surface area contributed by atoms with Crippen molar-refractivity contribution < 1.29 is 72.3 Å². The summed E-state index contributed by atoms with van der Waals surface area (Å²) in [5.41, 5.74) is 29.4. The van der Waals surface area contributed by atoms with Gasteiger partial charge in [-0.2, -0.15) is 0 Å². The molecule has 1 unspecified atom stereocenters. The van der Waals surface area contributed by atoms with E-state index < -0.39 is 40.2 Å². The summed E-state index contributed by atoms with van der Waals surface area (Å²) in [4.78, 5) is 67.3.